The molecule has 2 aliphatic rings. The van der Waals surface area contributed by atoms with Crippen molar-refractivity contribution in [1.82, 2.24) is 5.32 Å². The number of hydrogen-bond acceptors (Lipinski definition) is 2. The van der Waals surface area contributed by atoms with Crippen molar-refractivity contribution in [3.63, 3.8) is 0 Å². The van der Waals surface area contributed by atoms with Gasteiger partial charge in [0.25, 0.3) is 5.92 Å². The van der Waals surface area contributed by atoms with Gasteiger partial charge in [-0.1, -0.05) is 0 Å². The quantitative estimate of drug-likeness (QED) is 0.656. The van der Waals surface area contributed by atoms with E-state index in [0.29, 0.717) is 0 Å². The first kappa shape index (κ1) is 10.7. The Hall–Kier alpha value is -0.420. The normalized spacial score (nSPS) is 40.0. The standard InChI is InChI=1S/C7H10F2N2O.ClH/c8-7(9)2-6(7)1-4(5(10)12)11-3-6;/h4,11H,1-3H2,(H2,10,12);1H. The van der Waals surface area contributed by atoms with Crippen molar-refractivity contribution < 1.29 is 13.6 Å². The second-order valence-corrected chi connectivity index (χ2v) is 3.70. The molecule has 1 heterocycles. The van der Waals surface area contributed by atoms with Crippen LogP contribution in [0.1, 0.15) is 12.8 Å². The van der Waals surface area contributed by atoms with Crippen molar-refractivity contribution in [2.45, 2.75) is 24.8 Å². The van der Waals surface area contributed by atoms with Gasteiger partial charge in [-0.3, -0.25) is 4.79 Å². The highest BCUT2D eigenvalue weighted by Gasteiger charge is 2.73. The van der Waals surface area contributed by atoms with E-state index in [1.165, 1.54) is 0 Å². The number of amides is 1. The predicted octanol–water partition coefficient (Wildman–Crippen LogP) is 0.281. The number of hydrogen-bond donors (Lipinski definition) is 2. The molecule has 2 fully saturated rings. The number of rotatable bonds is 1. The molecule has 1 saturated carbocycles. The number of primary amides is 1. The van der Waals surface area contributed by atoms with Crippen LogP contribution in [0.2, 0.25) is 0 Å². The molecule has 13 heavy (non-hydrogen) atoms. The van der Waals surface area contributed by atoms with Crippen LogP contribution in [-0.4, -0.2) is 24.4 Å². The summed E-state index contributed by atoms with van der Waals surface area (Å²) in [6.45, 7) is 0.216. The van der Waals surface area contributed by atoms with Crippen molar-refractivity contribution in [3.05, 3.63) is 0 Å². The van der Waals surface area contributed by atoms with E-state index < -0.39 is 23.3 Å². The summed E-state index contributed by atoms with van der Waals surface area (Å²) in [5, 5.41) is 2.71. The summed E-state index contributed by atoms with van der Waals surface area (Å²) in [6, 6.07) is -0.557. The van der Waals surface area contributed by atoms with Gasteiger partial charge in [0.1, 0.15) is 0 Å². The Kier molecular flexibility index (Phi) is 2.28. The van der Waals surface area contributed by atoms with Crippen LogP contribution in [0.15, 0.2) is 0 Å². The Morgan fingerprint density at radius 1 is 1.54 bits per heavy atom. The number of nitrogens with two attached hydrogens (primary N) is 1. The molecule has 1 saturated heterocycles. The Bertz CT molecular complexity index is 249. The molecule has 6 heteroatoms. The molecule has 1 spiro atoms. The number of alkyl halides is 2. The van der Waals surface area contributed by atoms with E-state index in [4.69, 9.17) is 5.73 Å². The summed E-state index contributed by atoms with van der Waals surface area (Å²) < 4.78 is 25.5. The Morgan fingerprint density at radius 3 is 2.31 bits per heavy atom. The third-order valence-electron chi connectivity index (χ3n) is 2.84. The van der Waals surface area contributed by atoms with Gasteiger partial charge in [-0.15, -0.1) is 12.4 Å². The van der Waals surface area contributed by atoms with Crippen molar-refractivity contribution in [2.24, 2.45) is 11.1 Å². The zero-order chi connectivity index (χ0) is 8.98. The van der Waals surface area contributed by atoms with Crippen LogP contribution >= 0.6 is 12.4 Å². The molecule has 2 atom stereocenters. The number of carbonyl (C=O) groups is 1. The lowest BCUT2D eigenvalue weighted by molar-refractivity contribution is -0.119. The molecule has 0 aromatic heterocycles. The minimum absolute atomic E-state index is 0. The fourth-order valence-electron chi connectivity index (χ4n) is 1.85. The third-order valence-corrected chi connectivity index (χ3v) is 2.84. The van der Waals surface area contributed by atoms with Crippen molar-refractivity contribution in [1.29, 1.82) is 0 Å². The molecule has 76 valence electrons. The van der Waals surface area contributed by atoms with Crippen LogP contribution in [0, 0.1) is 5.41 Å². The van der Waals surface area contributed by atoms with Gasteiger partial charge in [0.2, 0.25) is 5.91 Å². The van der Waals surface area contributed by atoms with Crippen LogP contribution in [0.3, 0.4) is 0 Å². The average Bonchev–Trinajstić information content (AvgIpc) is 2.38. The average molecular weight is 213 g/mol. The lowest BCUT2D eigenvalue weighted by Crippen LogP contribution is -2.36. The summed E-state index contributed by atoms with van der Waals surface area (Å²) >= 11 is 0. The van der Waals surface area contributed by atoms with E-state index in [0.717, 1.165) is 0 Å². The molecule has 0 aromatic rings. The predicted molar refractivity (Wildman–Crippen MR) is 44.8 cm³/mol. The smallest absolute Gasteiger partial charge is 0.255 e. The Morgan fingerprint density at radius 2 is 2.08 bits per heavy atom. The molecule has 2 unspecified atom stereocenters. The van der Waals surface area contributed by atoms with Crippen LogP contribution in [0.5, 0.6) is 0 Å². The van der Waals surface area contributed by atoms with Crippen molar-refractivity contribution >= 4 is 18.3 Å². The van der Waals surface area contributed by atoms with Crippen molar-refractivity contribution in [2.75, 3.05) is 6.54 Å². The minimum atomic E-state index is -2.58. The van der Waals surface area contributed by atoms with Crippen LogP contribution in [0.25, 0.3) is 0 Å². The van der Waals surface area contributed by atoms with Crippen LogP contribution in [0.4, 0.5) is 8.78 Å². The highest BCUT2D eigenvalue weighted by Crippen LogP contribution is 2.64. The second-order valence-electron chi connectivity index (χ2n) is 3.70. The number of halogens is 3. The second kappa shape index (κ2) is 2.78. The van der Waals surface area contributed by atoms with E-state index in [1.54, 1.807) is 0 Å². The molecular formula is C7H11ClF2N2O. The summed E-state index contributed by atoms with van der Waals surface area (Å²) in [5.41, 5.74) is 4.04. The fraction of sp³-hybridized carbons (Fsp3) is 0.857. The molecule has 3 nitrogen and oxygen atoms in total. The van der Waals surface area contributed by atoms with E-state index in [1.807, 2.05) is 0 Å². The molecule has 1 amide bonds. The van der Waals surface area contributed by atoms with Crippen molar-refractivity contribution in [3.8, 4) is 0 Å². The first-order chi connectivity index (χ1) is 5.47. The molecular weight excluding hydrogens is 202 g/mol. The topological polar surface area (TPSA) is 55.1 Å². The molecule has 2 rings (SSSR count). The molecule has 0 radical (unpaired) electrons. The molecule has 1 aliphatic carbocycles. The number of nitrogens with one attached hydrogen (secondary N) is 1. The Balaban J connectivity index is 0.000000845. The van der Waals surface area contributed by atoms with Gasteiger partial charge < -0.3 is 11.1 Å². The maximum atomic E-state index is 12.7. The maximum absolute atomic E-state index is 12.7. The van der Waals surface area contributed by atoms with Gasteiger partial charge in [0.05, 0.1) is 11.5 Å². The summed E-state index contributed by atoms with van der Waals surface area (Å²) in [7, 11) is 0. The van der Waals surface area contributed by atoms with Gasteiger partial charge in [-0.2, -0.15) is 0 Å². The van der Waals surface area contributed by atoms with Gasteiger partial charge in [0.15, 0.2) is 0 Å². The van der Waals surface area contributed by atoms with Crippen LogP contribution < -0.4 is 11.1 Å². The first-order valence-corrected chi connectivity index (χ1v) is 3.87. The first-order valence-electron chi connectivity index (χ1n) is 3.87. The Labute approximate surface area is 80.5 Å². The molecule has 0 aromatic carbocycles. The monoisotopic (exact) mass is 212 g/mol. The van der Waals surface area contributed by atoms with E-state index in [-0.39, 0.29) is 31.8 Å². The van der Waals surface area contributed by atoms with Gasteiger partial charge >= 0.3 is 0 Å². The van der Waals surface area contributed by atoms with E-state index >= 15 is 0 Å². The summed E-state index contributed by atoms with van der Waals surface area (Å²) in [5.74, 6) is -3.11. The van der Waals surface area contributed by atoms with Gasteiger partial charge in [-0.05, 0) is 6.42 Å². The lowest BCUT2D eigenvalue weighted by atomic mass is 10.0. The number of carbonyl (C=O) groups excluding carboxylic acids is 1. The zero-order valence-electron chi connectivity index (χ0n) is 6.85. The summed E-state index contributed by atoms with van der Waals surface area (Å²) in [4.78, 5) is 10.6. The highest BCUT2D eigenvalue weighted by atomic mass is 35.5. The van der Waals surface area contributed by atoms with Gasteiger partial charge in [0, 0.05) is 13.0 Å². The molecule has 3 N–H and O–H groups in total. The van der Waals surface area contributed by atoms with E-state index in [2.05, 4.69) is 5.32 Å². The summed E-state index contributed by atoms with van der Waals surface area (Å²) in [6.07, 6.45) is 0.0894. The van der Waals surface area contributed by atoms with Gasteiger partial charge in [-0.25, -0.2) is 8.78 Å². The fourth-order valence-corrected chi connectivity index (χ4v) is 1.85. The lowest BCUT2D eigenvalue weighted by Gasteiger charge is -2.05. The van der Waals surface area contributed by atoms with Crippen LogP contribution in [-0.2, 0) is 4.79 Å². The molecule has 1 aliphatic heterocycles. The van der Waals surface area contributed by atoms with E-state index in [9.17, 15) is 13.6 Å². The minimum Gasteiger partial charge on any atom is -0.368 e. The highest BCUT2D eigenvalue weighted by molar-refractivity contribution is 5.85. The maximum Gasteiger partial charge on any atom is 0.255 e. The largest absolute Gasteiger partial charge is 0.368 e. The molecule has 0 bridgehead atoms. The SMILES string of the molecule is Cl.NC(=O)C1CC2(CN1)CC2(F)F. The zero-order valence-corrected chi connectivity index (χ0v) is 7.66. The third kappa shape index (κ3) is 1.40.